The maximum absolute atomic E-state index is 13.1. The smallest absolute Gasteiger partial charge is 0.299 e. The third-order valence-electron chi connectivity index (χ3n) is 4.02. The van der Waals surface area contributed by atoms with E-state index in [9.17, 15) is 31.2 Å². The largest absolute Gasteiger partial charge is 0.417 e. The predicted octanol–water partition coefficient (Wildman–Crippen LogP) is 3.05. The summed E-state index contributed by atoms with van der Waals surface area (Å²) in [5, 5.41) is 0. The van der Waals surface area contributed by atoms with Gasteiger partial charge in [-0.15, -0.1) is 0 Å². The van der Waals surface area contributed by atoms with E-state index in [0.717, 1.165) is 18.4 Å². The number of hydrogen-bond acceptors (Lipinski definition) is 4. The highest BCUT2D eigenvalue weighted by molar-refractivity contribution is 7.90. The van der Waals surface area contributed by atoms with Crippen LogP contribution in [0.3, 0.4) is 0 Å². The van der Waals surface area contributed by atoms with Crippen LogP contribution >= 0.6 is 0 Å². The Balaban J connectivity index is 2.41. The molecule has 0 unspecified atom stereocenters. The van der Waals surface area contributed by atoms with Crippen LogP contribution in [-0.2, 0) is 20.8 Å². The lowest BCUT2D eigenvalue weighted by Crippen LogP contribution is -2.20. The average molecular weight is 348 g/mol. The van der Waals surface area contributed by atoms with Crippen molar-refractivity contribution >= 4 is 21.4 Å². The number of alkyl halides is 3. The van der Waals surface area contributed by atoms with Gasteiger partial charge in [-0.25, -0.2) is 8.42 Å². The van der Waals surface area contributed by atoms with Crippen molar-refractivity contribution in [2.45, 2.75) is 37.3 Å². The SMILES string of the molecule is CC1(C(=O)CC(=O)c2ccc(S(C)(=O)=O)cc2C(F)(F)F)CC1. The summed E-state index contributed by atoms with van der Waals surface area (Å²) in [7, 11) is -3.84. The fourth-order valence-electron chi connectivity index (χ4n) is 2.15. The van der Waals surface area contributed by atoms with Crippen molar-refractivity contribution in [3.8, 4) is 0 Å². The molecule has 1 aliphatic carbocycles. The number of rotatable bonds is 5. The summed E-state index contributed by atoms with van der Waals surface area (Å²) in [6, 6.07) is 2.21. The fraction of sp³-hybridized carbons (Fsp3) is 0.467. The van der Waals surface area contributed by atoms with Gasteiger partial charge in [0.1, 0.15) is 5.78 Å². The van der Waals surface area contributed by atoms with Crippen molar-refractivity contribution in [2.75, 3.05) is 6.26 Å². The molecule has 126 valence electrons. The van der Waals surface area contributed by atoms with Gasteiger partial charge < -0.3 is 0 Å². The first-order valence-electron chi connectivity index (χ1n) is 6.82. The summed E-state index contributed by atoms with van der Waals surface area (Å²) < 4.78 is 62.2. The third-order valence-corrected chi connectivity index (χ3v) is 5.13. The minimum Gasteiger partial charge on any atom is -0.299 e. The van der Waals surface area contributed by atoms with Crippen molar-refractivity contribution in [3.05, 3.63) is 29.3 Å². The molecule has 0 N–H and O–H groups in total. The van der Waals surface area contributed by atoms with Gasteiger partial charge in [0.25, 0.3) is 0 Å². The van der Waals surface area contributed by atoms with Gasteiger partial charge in [0.15, 0.2) is 15.6 Å². The molecule has 1 fully saturated rings. The van der Waals surface area contributed by atoms with E-state index in [-0.39, 0.29) is 5.78 Å². The number of Topliss-reactive ketones (excluding diaryl/α,β-unsaturated/α-hetero) is 2. The van der Waals surface area contributed by atoms with Crippen LogP contribution in [0, 0.1) is 5.41 Å². The molecule has 0 bridgehead atoms. The highest BCUT2D eigenvalue weighted by atomic mass is 32.2. The van der Waals surface area contributed by atoms with Crippen molar-refractivity contribution < 1.29 is 31.2 Å². The molecule has 0 radical (unpaired) electrons. The molecule has 23 heavy (non-hydrogen) atoms. The Bertz CT molecular complexity index is 774. The standard InChI is InChI=1S/C15H15F3O4S/c1-14(5-6-14)13(20)8-12(19)10-4-3-9(23(2,21)22)7-11(10)15(16,17)18/h3-4,7H,5-6,8H2,1-2H3. The minimum atomic E-state index is -4.89. The summed E-state index contributed by atoms with van der Waals surface area (Å²) in [6.45, 7) is 1.67. The minimum absolute atomic E-state index is 0.386. The van der Waals surface area contributed by atoms with Gasteiger partial charge >= 0.3 is 6.18 Å². The molecule has 0 atom stereocenters. The highest BCUT2D eigenvalue weighted by Gasteiger charge is 2.45. The lowest BCUT2D eigenvalue weighted by atomic mass is 9.94. The number of sulfone groups is 1. The first-order chi connectivity index (χ1) is 10.3. The Kier molecular flexibility index (Phi) is 4.17. The fourth-order valence-corrected chi connectivity index (χ4v) is 2.80. The lowest BCUT2D eigenvalue weighted by Gasteiger charge is -2.14. The van der Waals surface area contributed by atoms with Crippen molar-refractivity contribution in [3.63, 3.8) is 0 Å². The number of carbonyl (C=O) groups is 2. The third kappa shape index (κ3) is 3.80. The second-order valence-corrected chi connectivity index (χ2v) is 8.08. The summed E-state index contributed by atoms with van der Waals surface area (Å²) in [4.78, 5) is 23.5. The zero-order valence-corrected chi connectivity index (χ0v) is 13.3. The molecule has 1 aromatic carbocycles. The molecule has 1 aliphatic rings. The lowest BCUT2D eigenvalue weighted by molar-refractivity contribution is -0.138. The van der Waals surface area contributed by atoms with E-state index >= 15 is 0 Å². The van der Waals surface area contributed by atoms with Gasteiger partial charge in [0.2, 0.25) is 0 Å². The molecule has 8 heteroatoms. The summed E-state index contributed by atoms with van der Waals surface area (Å²) in [6.07, 6.45) is -3.48. The highest BCUT2D eigenvalue weighted by Crippen LogP contribution is 2.46. The second-order valence-electron chi connectivity index (χ2n) is 6.06. The van der Waals surface area contributed by atoms with Crippen molar-refractivity contribution in [2.24, 2.45) is 5.41 Å². The van der Waals surface area contributed by atoms with Gasteiger partial charge in [-0.1, -0.05) is 6.92 Å². The van der Waals surface area contributed by atoms with E-state index in [1.807, 2.05) is 0 Å². The maximum Gasteiger partial charge on any atom is 0.417 e. The zero-order chi connectivity index (χ0) is 17.6. The van der Waals surface area contributed by atoms with Crippen molar-refractivity contribution in [1.82, 2.24) is 0 Å². The molecule has 2 rings (SSSR count). The van der Waals surface area contributed by atoms with Crippen LogP contribution < -0.4 is 0 Å². The molecule has 0 heterocycles. The second kappa shape index (κ2) is 5.43. The molecule has 4 nitrogen and oxygen atoms in total. The topological polar surface area (TPSA) is 68.3 Å². The van der Waals surface area contributed by atoms with E-state index in [0.29, 0.717) is 18.9 Å². The maximum atomic E-state index is 13.1. The van der Waals surface area contributed by atoms with E-state index in [2.05, 4.69) is 0 Å². The van der Waals surface area contributed by atoms with Gasteiger partial charge in [-0.05, 0) is 31.0 Å². The molecular weight excluding hydrogens is 333 g/mol. The van der Waals surface area contributed by atoms with Gasteiger partial charge in [0.05, 0.1) is 16.9 Å². The summed E-state index contributed by atoms with van der Waals surface area (Å²) in [5.41, 5.74) is -2.62. The van der Waals surface area contributed by atoms with Crippen LogP contribution in [0.4, 0.5) is 13.2 Å². The van der Waals surface area contributed by atoms with Gasteiger partial charge in [0, 0.05) is 17.2 Å². The molecule has 1 aromatic rings. The zero-order valence-electron chi connectivity index (χ0n) is 12.5. The summed E-state index contributed by atoms with van der Waals surface area (Å²) in [5.74, 6) is -1.33. The number of halogens is 3. The van der Waals surface area contributed by atoms with Crippen molar-refractivity contribution in [1.29, 1.82) is 0 Å². The molecule has 0 aromatic heterocycles. The van der Waals surface area contributed by atoms with Gasteiger partial charge in [-0.3, -0.25) is 9.59 Å². The Morgan fingerprint density at radius 2 is 1.78 bits per heavy atom. The monoisotopic (exact) mass is 348 g/mol. The quantitative estimate of drug-likeness (QED) is 0.606. The molecule has 0 aliphatic heterocycles. The molecule has 0 amide bonds. The van der Waals surface area contributed by atoms with Crippen LogP contribution in [0.5, 0.6) is 0 Å². The van der Waals surface area contributed by atoms with Crippen LogP contribution in [0.2, 0.25) is 0 Å². The first kappa shape index (κ1) is 17.7. The van der Waals surface area contributed by atoms with Crippen LogP contribution in [-0.4, -0.2) is 26.2 Å². The predicted molar refractivity (Wildman–Crippen MR) is 75.8 cm³/mol. The van der Waals surface area contributed by atoms with Crippen LogP contribution in [0.15, 0.2) is 23.1 Å². The molecular formula is C15H15F3O4S. The number of ketones is 2. The molecule has 0 saturated heterocycles. The average Bonchev–Trinajstić information content (AvgIpc) is 3.15. The van der Waals surface area contributed by atoms with Gasteiger partial charge in [-0.2, -0.15) is 13.2 Å². The van der Waals surface area contributed by atoms with E-state index in [1.165, 1.54) is 0 Å². The summed E-state index contributed by atoms with van der Waals surface area (Å²) >= 11 is 0. The molecule has 1 saturated carbocycles. The van der Waals surface area contributed by atoms with E-state index in [4.69, 9.17) is 0 Å². The Morgan fingerprint density at radius 3 is 2.22 bits per heavy atom. The van der Waals surface area contributed by atoms with E-state index in [1.54, 1.807) is 6.92 Å². The Morgan fingerprint density at radius 1 is 1.22 bits per heavy atom. The normalized spacial score (nSPS) is 16.9. The molecule has 0 spiro atoms. The number of hydrogen-bond donors (Lipinski definition) is 0. The van der Waals surface area contributed by atoms with E-state index < -0.39 is 49.7 Å². The number of benzene rings is 1. The van der Waals surface area contributed by atoms with Crippen LogP contribution in [0.25, 0.3) is 0 Å². The first-order valence-corrected chi connectivity index (χ1v) is 8.71. The Hall–Kier alpha value is -1.70. The Labute approximate surface area is 131 Å². The van der Waals surface area contributed by atoms with Crippen LogP contribution in [0.1, 0.15) is 42.1 Å². The number of carbonyl (C=O) groups excluding carboxylic acids is 2.